The van der Waals surface area contributed by atoms with Crippen molar-refractivity contribution in [2.24, 2.45) is 0 Å². The molecule has 3 aromatic carbocycles. The third-order valence-electron chi connectivity index (χ3n) is 5.51. The van der Waals surface area contributed by atoms with Gasteiger partial charge in [-0.1, -0.05) is 23.7 Å². The van der Waals surface area contributed by atoms with E-state index in [1.807, 2.05) is 12.1 Å². The zero-order valence-electron chi connectivity index (χ0n) is 20.1. The molecule has 9 nitrogen and oxygen atoms in total. The third-order valence-corrected chi connectivity index (χ3v) is 6.56. The molecule has 38 heavy (non-hydrogen) atoms. The summed E-state index contributed by atoms with van der Waals surface area (Å²) in [6, 6.07) is 15.3. The number of methoxy groups -OCH3 is 2. The molecule has 4 rings (SSSR count). The molecule has 0 saturated carbocycles. The van der Waals surface area contributed by atoms with E-state index in [0.29, 0.717) is 25.7 Å². The number of carbonyl (C=O) groups is 4. The number of nitrogens with one attached hydrogen (secondary N) is 1. The van der Waals surface area contributed by atoms with Crippen LogP contribution in [-0.4, -0.2) is 38.0 Å². The lowest BCUT2D eigenvalue weighted by molar-refractivity contribution is -0.122. The van der Waals surface area contributed by atoms with Gasteiger partial charge in [0.2, 0.25) is 0 Å². The fraction of sp³-hybridized carbons (Fsp3) is 0.111. The maximum absolute atomic E-state index is 13.2. The average Bonchev–Trinajstić information content (AvgIpc) is 2.91. The molecule has 0 aliphatic carbocycles. The first-order chi connectivity index (χ1) is 18.2. The normalized spacial score (nSPS) is 14.4. The Hall–Kier alpha value is -3.90. The summed E-state index contributed by atoms with van der Waals surface area (Å²) >= 11 is 8.01. The number of benzene rings is 3. The summed E-state index contributed by atoms with van der Waals surface area (Å²) in [6.45, 7) is 0.275. The quantitative estimate of drug-likeness (QED) is 0.167. The molecule has 0 aromatic heterocycles. The largest absolute Gasteiger partial charge is 0.493 e. The molecule has 0 atom stereocenters. The summed E-state index contributed by atoms with van der Waals surface area (Å²) in [4.78, 5) is 50.8. The minimum absolute atomic E-state index is 0.177. The molecular weight excluding hydrogens is 627 g/mol. The number of halogens is 2. The highest BCUT2D eigenvalue weighted by Gasteiger charge is 2.37. The minimum atomic E-state index is -0.902. The number of hydrogen-bond acceptors (Lipinski definition) is 7. The van der Waals surface area contributed by atoms with Crippen molar-refractivity contribution < 1.29 is 33.4 Å². The van der Waals surface area contributed by atoms with E-state index in [9.17, 15) is 19.2 Å². The average molecular weight is 647 g/mol. The van der Waals surface area contributed by atoms with Gasteiger partial charge in [-0.2, -0.15) is 0 Å². The van der Waals surface area contributed by atoms with Gasteiger partial charge in [0.25, 0.3) is 11.8 Å². The standard InChI is InChI=1S/C27H20ClIN2O7/c1-36-22-13-16(12-21(29)23(22)38-14-15-3-7-18(28)8-4-15)11-20-24(32)30-27(35)31(25(20)33)19-9-5-17(6-10-19)26(34)37-2/h3-13H,14H2,1-2H3,(H,30,32,35)/b20-11+. The van der Waals surface area contributed by atoms with E-state index < -0.39 is 23.8 Å². The number of barbiturate groups is 1. The molecule has 0 radical (unpaired) electrons. The van der Waals surface area contributed by atoms with Crippen molar-refractivity contribution in [1.82, 2.24) is 5.32 Å². The Balaban J connectivity index is 1.61. The number of ether oxygens (including phenoxy) is 3. The maximum atomic E-state index is 13.2. The number of anilines is 1. The maximum Gasteiger partial charge on any atom is 0.337 e. The van der Waals surface area contributed by atoms with Crippen molar-refractivity contribution in [1.29, 1.82) is 0 Å². The number of urea groups is 1. The Morgan fingerprint density at radius 1 is 1.03 bits per heavy atom. The van der Waals surface area contributed by atoms with Crippen molar-refractivity contribution in [3.63, 3.8) is 0 Å². The van der Waals surface area contributed by atoms with E-state index in [-0.39, 0.29) is 23.4 Å². The second-order valence-electron chi connectivity index (χ2n) is 7.95. The van der Waals surface area contributed by atoms with Crippen LogP contribution in [-0.2, 0) is 20.9 Å². The molecule has 0 spiro atoms. The highest BCUT2D eigenvalue weighted by atomic mass is 127. The Kier molecular flexibility index (Phi) is 8.32. The Morgan fingerprint density at radius 3 is 2.34 bits per heavy atom. The van der Waals surface area contributed by atoms with Crippen molar-refractivity contribution in [2.45, 2.75) is 6.61 Å². The fourth-order valence-electron chi connectivity index (χ4n) is 3.62. The lowest BCUT2D eigenvalue weighted by Crippen LogP contribution is -2.54. The molecule has 1 heterocycles. The topological polar surface area (TPSA) is 111 Å². The van der Waals surface area contributed by atoms with E-state index in [4.69, 9.17) is 21.1 Å². The first-order valence-electron chi connectivity index (χ1n) is 11.1. The lowest BCUT2D eigenvalue weighted by atomic mass is 10.1. The Bertz CT molecular complexity index is 1450. The van der Waals surface area contributed by atoms with E-state index in [1.54, 1.807) is 24.3 Å². The molecule has 194 valence electrons. The van der Waals surface area contributed by atoms with Gasteiger partial charge < -0.3 is 14.2 Å². The summed E-state index contributed by atoms with van der Waals surface area (Å²) in [7, 11) is 2.73. The first-order valence-corrected chi connectivity index (χ1v) is 12.5. The molecule has 1 N–H and O–H groups in total. The molecule has 4 amide bonds. The van der Waals surface area contributed by atoms with Crippen LogP contribution in [0.4, 0.5) is 10.5 Å². The van der Waals surface area contributed by atoms with Gasteiger partial charge in [-0.15, -0.1) is 0 Å². The number of rotatable bonds is 7. The van der Waals surface area contributed by atoms with Gasteiger partial charge in [-0.3, -0.25) is 14.9 Å². The molecule has 1 aliphatic heterocycles. The van der Waals surface area contributed by atoms with Gasteiger partial charge in [0.05, 0.1) is 29.0 Å². The van der Waals surface area contributed by atoms with Crippen LogP contribution in [0.5, 0.6) is 11.5 Å². The minimum Gasteiger partial charge on any atom is -0.493 e. The van der Waals surface area contributed by atoms with Crippen LogP contribution < -0.4 is 19.7 Å². The third kappa shape index (κ3) is 5.81. The molecule has 11 heteroatoms. The molecule has 1 aliphatic rings. The van der Waals surface area contributed by atoms with Crippen LogP contribution in [0.15, 0.2) is 66.2 Å². The smallest absolute Gasteiger partial charge is 0.337 e. The molecular formula is C27H20ClIN2O7. The summed E-state index contributed by atoms with van der Waals surface area (Å²) in [6.07, 6.45) is 1.37. The fourth-order valence-corrected chi connectivity index (χ4v) is 4.53. The highest BCUT2D eigenvalue weighted by Crippen LogP contribution is 2.35. The van der Waals surface area contributed by atoms with Gasteiger partial charge in [-0.25, -0.2) is 14.5 Å². The zero-order chi connectivity index (χ0) is 27.4. The second-order valence-corrected chi connectivity index (χ2v) is 9.54. The molecule has 1 saturated heterocycles. The van der Waals surface area contributed by atoms with E-state index >= 15 is 0 Å². The number of carbonyl (C=O) groups excluding carboxylic acids is 4. The van der Waals surface area contributed by atoms with Gasteiger partial charge in [-0.05, 0) is 88.3 Å². The molecule has 0 bridgehead atoms. The van der Waals surface area contributed by atoms with Crippen LogP contribution in [0, 0.1) is 3.57 Å². The van der Waals surface area contributed by atoms with E-state index in [0.717, 1.165) is 10.5 Å². The zero-order valence-corrected chi connectivity index (χ0v) is 23.0. The van der Waals surface area contributed by atoms with Gasteiger partial charge >= 0.3 is 12.0 Å². The van der Waals surface area contributed by atoms with Crippen molar-refractivity contribution >= 4 is 69.8 Å². The summed E-state index contributed by atoms with van der Waals surface area (Å²) < 4.78 is 16.8. The van der Waals surface area contributed by atoms with Crippen molar-refractivity contribution in [3.05, 3.63) is 91.5 Å². The summed E-state index contributed by atoms with van der Waals surface area (Å²) in [5, 5.41) is 2.80. The van der Waals surface area contributed by atoms with E-state index in [2.05, 4.69) is 32.6 Å². The van der Waals surface area contributed by atoms with Gasteiger partial charge in [0, 0.05) is 5.02 Å². The van der Waals surface area contributed by atoms with Crippen molar-refractivity contribution in [2.75, 3.05) is 19.1 Å². The Labute approximate surface area is 236 Å². The lowest BCUT2D eigenvalue weighted by Gasteiger charge is -2.26. The number of imide groups is 2. The number of nitrogens with zero attached hydrogens (tertiary/aromatic N) is 1. The first kappa shape index (κ1) is 27.1. The SMILES string of the molecule is COC(=O)c1ccc(N2C(=O)NC(=O)/C(=C\c3cc(I)c(OCc4ccc(Cl)cc4)c(OC)c3)C2=O)cc1. The number of esters is 1. The van der Waals surface area contributed by atoms with Crippen LogP contribution in [0.2, 0.25) is 5.02 Å². The highest BCUT2D eigenvalue weighted by molar-refractivity contribution is 14.1. The van der Waals surface area contributed by atoms with Crippen LogP contribution in [0.25, 0.3) is 6.08 Å². The number of amides is 4. The van der Waals surface area contributed by atoms with Crippen LogP contribution in [0.1, 0.15) is 21.5 Å². The van der Waals surface area contributed by atoms with Gasteiger partial charge in [0.15, 0.2) is 11.5 Å². The monoisotopic (exact) mass is 646 g/mol. The van der Waals surface area contributed by atoms with E-state index in [1.165, 1.54) is 44.6 Å². The van der Waals surface area contributed by atoms with Crippen molar-refractivity contribution in [3.8, 4) is 11.5 Å². The van der Waals surface area contributed by atoms with Crippen LogP contribution in [0.3, 0.4) is 0 Å². The predicted octanol–water partition coefficient (Wildman–Crippen LogP) is 4.99. The van der Waals surface area contributed by atoms with Crippen LogP contribution >= 0.6 is 34.2 Å². The second kappa shape index (κ2) is 11.7. The predicted molar refractivity (Wildman–Crippen MR) is 148 cm³/mol. The number of hydrogen-bond donors (Lipinski definition) is 1. The van der Waals surface area contributed by atoms with Gasteiger partial charge in [0.1, 0.15) is 12.2 Å². The Morgan fingerprint density at radius 2 is 1.71 bits per heavy atom. The molecule has 0 unspecified atom stereocenters. The molecule has 3 aromatic rings. The summed E-state index contributed by atoms with van der Waals surface area (Å²) in [5.74, 6) is -1.33. The molecule has 1 fully saturated rings. The summed E-state index contributed by atoms with van der Waals surface area (Å²) in [5.41, 5.74) is 1.56.